The molecule has 2 nitrogen and oxygen atoms in total. The predicted octanol–water partition coefficient (Wildman–Crippen LogP) is 4.28. The molecule has 1 saturated heterocycles. The minimum Gasteiger partial charge on any atom is -0.381 e. The van der Waals surface area contributed by atoms with Crippen molar-refractivity contribution in [1.29, 1.82) is 0 Å². The monoisotopic (exact) mass is 390 g/mol. The first kappa shape index (κ1) is 14.0. The maximum Gasteiger partial charge on any atom is 0.0648 e. The first-order chi connectivity index (χ1) is 9.24. The standard InChI is InChI=1S/C15H20ClIN2/c16-12-9-10(17)6-7-15(12)19-14-4-1-3-11(14)13-5-2-8-18-13/h6-7,9,11,13-14,18-19H,1-5,8H2. The van der Waals surface area contributed by atoms with Crippen LogP contribution in [0.1, 0.15) is 32.1 Å². The third-order valence-electron chi connectivity index (χ3n) is 4.46. The number of nitrogens with one attached hydrogen (secondary N) is 2. The summed E-state index contributed by atoms with van der Waals surface area (Å²) in [6.07, 6.45) is 6.62. The highest BCUT2D eigenvalue weighted by Crippen LogP contribution is 2.35. The second-order valence-corrected chi connectivity index (χ2v) is 7.33. The number of hydrogen-bond donors (Lipinski definition) is 2. The van der Waals surface area contributed by atoms with E-state index in [4.69, 9.17) is 11.6 Å². The van der Waals surface area contributed by atoms with Crippen LogP contribution in [0.5, 0.6) is 0 Å². The van der Waals surface area contributed by atoms with Gasteiger partial charge in [0.15, 0.2) is 0 Å². The van der Waals surface area contributed by atoms with Crippen molar-refractivity contribution in [3.05, 3.63) is 26.8 Å². The molecular weight excluding hydrogens is 371 g/mol. The minimum absolute atomic E-state index is 0.577. The molecule has 0 radical (unpaired) electrons. The van der Waals surface area contributed by atoms with Gasteiger partial charge in [-0.1, -0.05) is 18.0 Å². The van der Waals surface area contributed by atoms with E-state index in [1.54, 1.807) is 0 Å². The molecule has 2 fully saturated rings. The van der Waals surface area contributed by atoms with Crippen LogP contribution in [-0.2, 0) is 0 Å². The van der Waals surface area contributed by atoms with Crippen LogP contribution in [0.25, 0.3) is 0 Å². The van der Waals surface area contributed by atoms with E-state index in [0.29, 0.717) is 12.1 Å². The van der Waals surface area contributed by atoms with Crippen molar-refractivity contribution in [2.75, 3.05) is 11.9 Å². The largest absolute Gasteiger partial charge is 0.381 e. The van der Waals surface area contributed by atoms with E-state index in [9.17, 15) is 0 Å². The molecule has 19 heavy (non-hydrogen) atoms. The molecule has 4 heteroatoms. The Hall–Kier alpha value is -0.000000000000000132. The van der Waals surface area contributed by atoms with Gasteiger partial charge in [-0.2, -0.15) is 0 Å². The van der Waals surface area contributed by atoms with Gasteiger partial charge in [0.25, 0.3) is 0 Å². The highest BCUT2D eigenvalue weighted by molar-refractivity contribution is 14.1. The first-order valence-corrected chi connectivity index (χ1v) is 8.65. The highest BCUT2D eigenvalue weighted by Gasteiger charge is 2.35. The summed E-state index contributed by atoms with van der Waals surface area (Å²) in [7, 11) is 0. The Morgan fingerprint density at radius 3 is 2.84 bits per heavy atom. The first-order valence-electron chi connectivity index (χ1n) is 7.19. The average molecular weight is 391 g/mol. The van der Waals surface area contributed by atoms with Crippen LogP contribution in [0.3, 0.4) is 0 Å². The van der Waals surface area contributed by atoms with Crippen LogP contribution in [0, 0.1) is 9.49 Å². The van der Waals surface area contributed by atoms with E-state index in [2.05, 4.69) is 45.4 Å². The molecule has 0 aromatic heterocycles. The summed E-state index contributed by atoms with van der Waals surface area (Å²) in [5, 5.41) is 8.20. The molecule has 1 aliphatic heterocycles. The van der Waals surface area contributed by atoms with Crippen molar-refractivity contribution in [2.24, 2.45) is 5.92 Å². The zero-order chi connectivity index (χ0) is 13.2. The SMILES string of the molecule is Clc1cc(I)ccc1NC1CCCC1C1CCCN1. The second kappa shape index (κ2) is 6.19. The number of anilines is 1. The van der Waals surface area contributed by atoms with E-state index in [0.717, 1.165) is 16.6 Å². The van der Waals surface area contributed by atoms with Gasteiger partial charge in [0.05, 0.1) is 10.7 Å². The summed E-state index contributed by atoms with van der Waals surface area (Å²) in [4.78, 5) is 0. The van der Waals surface area contributed by atoms with Crippen molar-refractivity contribution in [1.82, 2.24) is 5.32 Å². The lowest BCUT2D eigenvalue weighted by molar-refractivity contribution is 0.376. The Kier molecular flexibility index (Phi) is 4.54. The van der Waals surface area contributed by atoms with Gasteiger partial charge >= 0.3 is 0 Å². The van der Waals surface area contributed by atoms with Gasteiger partial charge < -0.3 is 10.6 Å². The maximum absolute atomic E-state index is 6.33. The fourth-order valence-electron chi connectivity index (χ4n) is 3.53. The summed E-state index contributed by atoms with van der Waals surface area (Å²) in [5.41, 5.74) is 1.09. The quantitative estimate of drug-likeness (QED) is 0.753. The van der Waals surface area contributed by atoms with E-state index in [1.807, 2.05) is 6.07 Å². The van der Waals surface area contributed by atoms with E-state index in [1.165, 1.54) is 42.2 Å². The van der Waals surface area contributed by atoms with Crippen LogP contribution in [-0.4, -0.2) is 18.6 Å². The topological polar surface area (TPSA) is 24.1 Å². The number of benzene rings is 1. The maximum atomic E-state index is 6.33. The molecule has 3 unspecified atom stereocenters. The predicted molar refractivity (Wildman–Crippen MR) is 89.9 cm³/mol. The zero-order valence-corrected chi connectivity index (χ0v) is 13.9. The van der Waals surface area contributed by atoms with Gasteiger partial charge in [-0.15, -0.1) is 0 Å². The molecule has 0 spiro atoms. The van der Waals surface area contributed by atoms with Crippen molar-refractivity contribution < 1.29 is 0 Å². The van der Waals surface area contributed by atoms with Gasteiger partial charge in [0.1, 0.15) is 0 Å². The molecule has 0 amide bonds. The molecule has 1 aromatic rings. The van der Waals surface area contributed by atoms with Crippen molar-refractivity contribution in [3.8, 4) is 0 Å². The van der Waals surface area contributed by atoms with Crippen LogP contribution in [0.4, 0.5) is 5.69 Å². The van der Waals surface area contributed by atoms with E-state index < -0.39 is 0 Å². The normalized spacial score (nSPS) is 30.7. The molecule has 3 rings (SSSR count). The molecule has 0 bridgehead atoms. The number of hydrogen-bond acceptors (Lipinski definition) is 2. The van der Waals surface area contributed by atoms with Crippen molar-refractivity contribution >= 4 is 39.9 Å². The lowest BCUT2D eigenvalue weighted by Gasteiger charge is -2.27. The third-order valence-corrected chi connectivity index (χ3v) is 5.44. The average Bonchev–Trinajstić information content (AvgIpc) is 3.03. The zero-order valence-electron chi connectivity index (χ0n) is 11.0. The lowest BCUT2D eigenvalue weighted by atomic mass is 9.93. The molecule has 104 valence electrons. The minimum atomic E-state index is 0.577. The van der Waals surface area contributed by atoms with Gasteiger partial charge in [-0.25, -0.2) is 0 Å². The molecule has 2 N–H and O–H groups in total. The van der Waals surface area contributed by atoms with Crippen LogP contribution in [0.15, 0.2) is 18.2 Å². The molecular formula is C15H20ClIN2. The van der Waals surface area contributed by atoms with Gasteiger partial charge in [-0.05, 0) is 78.9 Å². The molecule has 1 aliphatic carbocycles. The lowest BCUT2D eigenvalue weighted by Crippen LogP contribution is -2.38. The van der Waals surface area contributed by atoms with E-state index >= 15 is 0 Å². The summed E-state index contributed by atoms with van der Waals surface area (Å²) < 4.78 is 1.19. The summed E-state index contributed by atoms with van der Waals surface area (Å²) in [6.45, 7) is 1.19. The van der Waals surface area contributed by atoms with Gasteiger partial charge in [0, 0.05) is 15.7 Å². The van der Waals surface area contributed by atoms with Gasteiger partial charge in [0.2, 0.25) is 0 Å². The summed E-state index contributed by atoms with van der Waals surface area (Å²) in [5.74, 6) is 0.762. The Balaban J connectivity index is 1.70. The highest BCUT2D eigenvalue weighted by atomic mass is 127. The van der Waals surface area contributed by atoms with Crippen molar-refractivity contribution in [2.45, 2.75) is 44.2 Å². The fourth-order valence-corrected chi connectivity index (χ4v) is 4.44. The van der Waals surface area contributed by atoms with Crippen LogP contribution >= 0.6 is 34.2 Å². The Labute approximate surface area is 133 Å². The van der Waals surface area contributed by atoms with E-state index in [-0.39, 0.29) is 0 Å². The number of rotatable bonds is 3. The Morgan fingerprint density at radius 2 is 2.11 bits per heavy atom. The van der Waals surface area contributed by atoms with Crippen molar-refractivity contribution in [3.63, 3.8) is 0 Å². The molecule has 3 atom stereocenters. The molecule has 2 aliphatic rings. The summed E-state index contributed by atoms with van der Waals surface area (Å²) >= 11 is 8.63. The smallest absolute Gasteiger partial charge is 0.0648 e. The molecule has 1 saturated carbocycles. The van der Waals surface area contributed by atoms with Gasteiger partial charge in [-0.3, -0.25) is 0 Å². The molecule has 1 aromatic carbocycles. The Morgan fingerprint density at radius 1 is 1.21 bits per heavy atom. The van der Waals surface area contributed by atoms with Crippen LogP contribution < -0.4 is 10.6 Å². The molecule has 1 heterocycles. The van der Waals surface area contributed by atoms with Crippen LogP contribution in [0.2, 0.25) is 5.02 Å². The Bertz CT molecular complexity index is 446. The number of halogens is 2. The summed E-state index contributed by atoms with van der Waals surface area (Å²) in [6, 6.07) is 7.55. The third kappa shape index (κ3) is 3.19. The second-order valence-electron chi connectivity index (χ2n) is 5.67. The fraction of sp³-hybridized carbons (Fsp3) is 0.600.